The lowest BCUT2D eigenvalue weighted by Crippen LogP contribution is -2.38. The standard InChI is InChI=1S/C20H29N7O2S/c1-14-16(12-22-25(14)5)30(28,29)26-9-6-15(7-10-26)18-19(24-20(2,3)4)27-11-8-21-13-17(27)23-18/h8,11-13,15,24H,6-7,9-10H2,1-5H3. The quantitative estimate of drug-likeness (QED) is 0.682. The van der Waals surface area contributed by atoms with Crippen molar-refractivity contribution in [3.8, 4) is 0 Å². The normalized spacial score (nSPS) is 17.0. The van der Waals surface area contributed by atoms with Gasteiger partial charge in [-0.25, -0.2) is 13.4 Å². The summed E-state index contributed by atoms with van der Waals surface area (Å²) >= 11 is 0. The number of nitrogens with one attached hydrogen (secondary N) is 1. The Bertz CT molecular complexity index is 1170. The van der Waals surface area contributed by atoms with Gasteiger partial charge in [0.15, 0.2) is 5.65 Å². The summed E-state index contributed by atoms with van der Waals surface area (Å²) in [6.45, 7) is 9.04. The molecule has 1 fully saturated rings. The first kappa shape index (κ1) is 20.8. The number of fused-ring (bicyclic) bond motifs is 1. The van der Waals surface area contributed by atoms with Crippen LogP contribution >= 0.6 is 0 Å². The van der Waals surface area contributed by atoms with E-state index in [2.05, 4.69) is 36.2 Å². The van der Waals surface area contributed by atoms with Gasteiger partial charge in [0.2, 0.25) is 10.0 Å². The number of aromatic nitrogens is 5. The lowest BCUT2D eigenvalue weighted by molar-refractivity contribution is 0.317. The van der Waals surface area contributed by atoms with Gasteiger partial charge in [-0.3, -0.25) is 14.1 Å². The SMILES string of the molecule is Cc1c(S(=O)(=O)N2CCC(c3nc4cnccn4c3NC(C)(C)C)CC2)cnn1C. The van der Waals surface area contributed by atoms with E-state index in [9.17, 15) is 8.42 Å². The Morgan fingerprint density at radius 2 is 1.87 bits per heavy atom. The zero-order valence-electron chi connectivity index (χ0n) is 18.1. The van der Waals surface area contributed by atoms with Crippen LogP contribution < -0.4 is 5.32 Å². The number of piperidine rings is 1. The number of aryl methyl sites for hydroxylation is 1. The maximum absolute atomic E-state index is 13.1. The number of hydrogen-bond acceptors (Lipinski definition) is 6. The van der Waals surface area contributed by atoms with Crippen molar-refractivity contribution < 1.29 is 8.42 Å². The van der Waals surface area contributed by atoms with Gasteiger partial charge in [0, 0.05) is 44.0 Å². The maximum Gasteiger partial charge on any atom is 0.246 e. The summed E-state index contributed by atoms with van der Waals surface area (Å²) in [5.41, 5.74) is 2.30. The van der Waals surface area contributed by atoms with Crippen molar-refractivity contribution in [1.82, 2.24) is 28.5 Å². The molecular formula is C20H29N7O2S. The molecule has 0 saturated carbocycles. The van der Waals surface area contributed by atoms with E-state index in [1.54, 1.807) is 35.4 Å². The molecular weight excluding hydrogens is 402 g/mol. The number of imidazole rings is 1. The largest absolute Gasteiger partial charge is 0.365 e. The van der Waals surface area contributed by atoms with Crippen LogP contribution in [0.5, 0.6) is 0 Å². The van der Waals surface area contributed by atoms with Gasteiger partial charge >= 0.3 is 0 Å². The third-order valence-corrected chi connectivity index (χ3v) is 7.60. The molecule has 1 N–H and O–H groups in total. The molecule has 0 aromatic carbocycles. The van der Waals surface area contributed by atoms with E-state index in [0.29, 0.717) is 31.6 Å². The van der Waals surface area contributed by atoms with E-state index in [4.69, 9.17) is 4.98 Å². The van der Waals surface area contributed by atoms with Crippen molar-refractivity contribution in [2.45, 2.75) is 56.9 Å². The van der Waals surface area contributed by atoms with Crippen molar-refractivity contribution in [3.05, 3.63) is 36.2 Å². The Morgan fingerprint density at radius 1 is 1.17 bits per heavy atom. The Balaban J connectivity index is 1.59. The Hall–Kier alpha value is -2.46. The van der Waals surface area contributed by atoms with E-state index in [1.165, 1.54) is 6.20 Å². The maximum atomic E-state index is 13.1. The molecule has 0 bridgehead atoms. The molecule has 1 aliphatic heterocycles. The Kier molecular flexibility index (Phi) is 5.09. The van der Waals surface area contributed by atoms with Crippen LogP contribution in [-0.2, 0) is 17.1 Å². The monoisotopic (exact) mass is 431 g/mol. The summed E-state index contributed by atoms with van der Waals surface area (Å²) in [7, 11) is -1.79. The molecule has 0 unspecified atom stereocenters. The van der Waals surface area contributed by atoms with Crippen LogP contribution in [0.4, 0.5) is 5.82 Å². The fraction of sp³-hybridized carbons (Fsp3) is 0.550. The van der Waals surface area contributed by atoms with Gasteiger partial charge in [-0.1, -0.05) is 0 Å². The van der Waals surface area contributed by atoms with Crippen LogP contribution in [0, 0.1) is 6.92 Å². The number of anilines is 1. The van der Waals surface area contributed by atoms with Crippen LogP contribution in [-0.4, -0.2) is 55.5 Å². The number of sulfonamides is 1. The van der Waals surface area contributed by atoms with Gasteiger partial charge in [0.1, 0.15) is 10.7 Å². The van der Waals surface area contributed by atoms with Crippen LogP contribution in [0.1, 0.15) is 50.9 Å². The minimum absolute atomic E-state index is 0.129. The van der Waals surface area contributed by atoms with Gasteiger partial charge in [-0.15, -0.1) is 0 Å². The summed E-state index contributed by atoms with van der Waals surface area (Å²) in [6.07, 6.45) is 8.28. The second-order valence-corrected chi connectivity index (χ2v) is 10.8. The molecule has 9 nitrogen and oxygen atoms in total. The molecule has 162 valence electrons. The van der Waals surface area contributed by atoms with E-state index in [0.717, 1.165) is 17.2 Å². The smallest absolute Gasteiger partial charge is 0.246 e. The summed E-state index contributed by atoms with van der Waals surface area (Å²) in [6, 6.07) is 0. The predicted octanol–water partition coefficient (Wildman–Crippen LogP) is 2.55. The van der Waals surface area contributed by atoms with Crippen molar-refractivity contribution in [3.63, 3.8) is 0 Å². The minimum Gasteiger partial charge on any atom is -0.365 e. The van der Waals surface area contributed by atoms with Crippen molar-refractivity contribution in [1.29, 1.82) is 0 Å². The molecule has 30 heavy (non-hydrogen) atoms. The zero-order chi connectivity index (χ0) is 21.7. The molecule has 0 amide bonds. The molecule has 1 aliphatic rings. The topological polar surface area (TPSA) is 97.4 Å². The summed E-state index contributed by atoms with van der Waals surface area (Å²) in [4.78, 5) is 9.32. The van der Waals surface area contributed by atoms with E-state index in [1.807, 2.05) is 10.6 Å². The predicted molar refractivity (Wildman–Crippen MR) is 115 cm³/mol. The number of hydrogen-bond donors (Lipinski definition) is 1. The van der Waals surface area contributed by atoms with E-state index in [-0.39, 0.29) is 16.4 Å². The Labute approximate surface area is 177 Å². The molecule has 3 aromatic heterocycles. The highest BCUT2D eigenvalue weighted by molar-refractivity contribution is 7.89. The first-order valence-electron chi connectivity index (χ1n) is 10.2. The molecule has 3 aromatic rings. The number of rotatable bonds is 4. The summed E-state index contributed by atoms with van der Waals surface area (Å²) in [5.74, 6) is 1.14. The highest BCUT2D eigenvalue weighted by Gasteiger charge is 2.34. The first-order chi connectivity index (χ1) is 14.1. The van der Waals surface area contributed by atoms with Crippen molar-refractivity contribution in [2.75, 3.05) is 18.4 Å². The van der Waals surface area contributed by atoms with Gasteiger partial charge in [-0.05, 0) is 40.5 Å². The van der Waals surface area contributed by atoms with Gasteiger partial charge < -0.3 is 5.32 Å². The van der Waals surface area contributed by atoms with Crippen LogP contribution in [0.2, 0.25) is 0 Å². The first-order valence-corrected chi connectivity index (χ1v) is 11.6. The average molecular weight is 432 g/mol. The van der Waals surface area contributed by atoms with Gasteiger partial charge in [0.05, 0.1) is 23.8 Å². The third-order valence-electron chi connectivity index (χ3n) is 5.60. The zero-order valence-corrected chi connectivity index (χ0v) is 18.9. The van der Waals surface area contributed by atoms with E-state index < -0.39 is 10.0 Å². The molecule has 1 saturated heterocycles. The molecule has 0 radical (unpaired) electrons. The van der Waals surface area contributed by atoms with Crippen molar-refractivity contribution >= 4 is 21.5 Å². The minimum atomic E-state index is -3.54. The van der Waals surface area contributed by atoms with E-state index >= 15 is 0 Å². The molecule has 10 heteroatoms. The second kappa shape index (κ2) is 7.35. The average Bonchev–Trinajstić information content (AvgIpc) is 3.22. The third kappa shape index (κ3) is 3.69. The summed E-state index contributed by atoms with van der Waals surface area (Å²) in [5, 5.41) is 7.67. The van der Waals surface area contributed by atoms with Crippen LogP contribution in [0.15, 0.2) is 29.7 Å². The highest BCUT2D eigenvalue weighted by Crippen LogP contribution is 2.35. The lowest BCUT2D eigenvalue weighted by atomic mass is 9.94. The molecule has 0 spiro atoms. The fourth-order valence-electron chi connectivity index (χ4n) is 3.93. The number of nitrogens with zero attached hydrogens (tertiary/aromatic N) is 6. The Morgan fingerprint density at radius 3 is 2.47 bits per heavy atom. The lowest BCUT2D eigenvalue weighted by Gasteiger charge is -2.31. The van der Waals surface area contributed by atoms with Gasteiger partial charge in [0.25, 0.3) is 0 Å². The van der Waals surface area contributed by atoms with Gasteiger partial charge in [-0.2, -0.15) is 9.40 Å². The highest BCUT2D eigenvalue weighted by atomic mass is 32.2. The van der Waals surface area contributed by atoms with Crippen LogP contribution in [0.25, 0.3) is 5.65 Å². The molecule has 4 rings (SSSR count). The fourth-order valence-corrected chi connectivity index (χ4v) is 5.59. The summed E-state index contributed by atoms with van der Waals surface area (Å²) < 4.78 is 31.4. The molecule has 0 aliphatic carbocycles. The molecule has 0 atom stereocenters. The van der Waals surface area contributed by atoms with Crippen molar-refractivity contribution in [2.24, 2.45) is 7.05 Å². The second-order valence-electron chi connectivity index (χ2n) is 8.92. The molecule has 4 heterocycles. The van der Waals surface area contributed by atoms with Crippen LogP contribution in [0.3, 0.4) is 0 Å².